The Labute approximate surface area is 328 Å². The molecule has 0 radical (unpaired) electrons. The third kappa shape index (κ3) is 8.29. The molecular weight excluding hydrogens is 713 g/mol. The maximum absolute atomic E-state index is 13.7. The van der Waals surface area contributed by atoms with Crippen molar-refractivity contribution in [2.75, 3.05) is 14.2 Å². The number of aromatic nitrogens is 4. The molecule has 56 heavy (non-hydrogen) atoms. The number of carbonyl (C=O) groups is 4. The second-order valence-electron chi connectivity index (χ2n) is 15.6. The maximum Gasteiger partial charge on any atom is 0.407 e. The molecule has 2 aromatic heterocycles. The van der Waals surface area contributed by atoms with E-state index in [-0.39, 0.29) is 47.8 Å². The van der Waals surface area contributed by atoms with Crippen molar-refractivity contribution in [1.29, 1.82) is 0 Å². The van der Waals surface area contributed by atoms with Gasteiger partial charge < -0.3 is 39.9 Å². The first-order valence-corrected chi connectivity index (χ1v) is 19.5. The Bertz CT molecular complexity index is 1860. The van der Waals surface area contributed by atoms with E-state index in [4.69, 9.17) is 19.4 Å². The topological polar surface area (TPSA) is 175 Å². The average Bonchev–Trinajstić information content (AvgIpc) is 4.02. The summed E-state index contributed by atoms with van der Waals surface area (Å²) in [5, 5.41) is 5.43. The zero-order valence-corrected chi connectivity index (χ0v) is 33.5. The fraction of sp³-hybridized carbons (Fsp3) is 0.476. The number of carbonyl (C=O) groups excluding carboxylic acids is 4. The Balaban J connectivity index is 1.13. The molecule has 6 rings (SSSR count). The van der Waals surface area contributed by atoms with Crippen LogP contribution in [0, 0.1) is 11.8 Å². The molecule has 2 aliphatic heterocycles. The summed E-state index contributed by atoms with van der Waals surface area (Å²) in [6, 6.07) is 14.6. The van der Waals surface area contributed by atoms with Gasteiger partial charge in [-0.2, -0.15) is 0 Å². The molecule has 14 heteroatoms. The number of amides is 4. The van der Waals surface area contributed by atoms with Gasteiger partial charge in [-0.25, -0.2) is 19.6 Å². The zero-order valence-electron chi connectivity index (χ0n) is 33.5. The lowest BCUT2D eigenvalue weighted by molar-refractivity contribution is -0.138. The van der Waals surface area contributed by atoms with Crippen LogP contribution in [0.5, 0.6) is 0 Å². The molecule has 2 aromatic carbocycles. The van der Waals surface area contributed by atoms with Gasteiger partial charge >= 0.3 is 12.2 Å². The van der Waals surface area contributed by atoms with Crippen LogP contribution in [0.1, 0.15) is 91.0 Å². The van der Waals surface area contributed by atoms with E-state index in [1.165, 1.54) is 14.2 Å². The van der Waals surface area contributed by atoms with Crippen molar-refractivity contribution in [3.63, 3.8) is 0 Å². The lowest BCUT2D eigenvalue weighted by Gasteiger charge is -2.32. The Morgan fingerprint density at radius 3 is 1.27 bits per heavy atom. The van der Waals surface area contributed by atoms with Crippen LogP contribution in [0.2, 0.25) is 0 Å². The predicted octanol–water partition coefficient (Wildman–Crippen LogP) is 7.00. The minimum atomic E-state index is -0.704. The third-order valence-corrected chi connectivity index (χ3v) is 11.2. The molecule has 2 unspecified atom stereocenters. The first-order chi connectivity index (χ1) is 26.8. The van der Waals surface area contributed by atoms with E-state index in [1.807, 2.05) is 51.3 Å². The summed E-state index contributed by atoms with van der Waals surface area (Å²) in [7, 11) is 2.58. The minimum Gasteiger partial charge on any atom is -0.453 e. The number of alkyl carbamates (subject to hydrolysis) is 2. The Hall–Kier alpha value is -5.66. The monoisotopic (exact) mass is 766 g/mol. The molecule has 4 N–H and O–H groups in total. The number of nitrogens with one attached hydrogen (secondary N) is 4. The molecule has 2 saturated heterocycles. The van der Waals surface area contributed by atoms with E-state index in [1.54, 1.807) is 12.4 Å². The van der Waals surface area contributed by atoms with Gasteiger partial charge in [-0.15, -0.1) is 0 Å². The molecule has 4 heterocycles. The van der Waals surface area contributed by atoms with Gasteiger partial charge in [-0.1, -0.05) is 76.2 Å². The summed E-state index contributed by atoms with van der Waals surface area (Å²) in [5.74, 6) is 0.918. The molecule has 0 bridgehead atoms. The van der Waals surface area contributed by atoms with Gasteiger partial charge in [-0.05, 0) is 73.6 Å². The van der Waals surface area contributed by atoms with Crippen LogP contribution in [-0.4, -0.2) is 92.1 Å². The van der Waals surface area contributed by atoms with Crippen LogP contribution < -0.4 is 10.6 Å². The van der Waals surface area contributed by atoms with E-state index in [9.17, 15) is 19.2 Å². The lowest BCUT2D eigenvalue weighted by Crippen LogP contribution is -2.52. The van der Waals surface area contributed by atoms with Crippen LogP contribution in [0.4, 0.5) is 9.59 Å². The van der Waals surface area contributed by atoms with Gasteiger partial charge in [0.05, 0.1) is 50.1 Å². The fourth-order valence-corrected chi connectivity index (χ4v) is 7.96. The number of hydrogen-bond donors (Lipinski definition) is 4. The number of likely N-dealkylation sites (tertiary alicyclic amines) is 2. The molecule has 0 aliphatic carbocycles. The van der Waals surface area contributed by atoms with E-state index in [0.717, 1.165) is 71.0 Å². The second kappa shape index (κ2) is 17.0. The summed E-state index contributed by atoms with van der Waals surface area (Å²) in [4.78, 5) is 71.5. The number of ether oxygens (including phenoxy) is 2. The molecule has 4 amide bonds. The molecule has 2 fully saturated rings. The molecule has 4 aromatic rings. The largest absolute Gasteiger partial charge is 0.453 e. The molecule has 0 saturated carbocycles. The Morgan fingerprint density at radius 2 is 0.946 bits per heavy atom. The number of benzene rings is 2. The van der Waals surface area contributed by atoms with Crippen LogP contribution in [-0.2, 0) is 19.1 Å². The van der Waals surface area contributed by atoms with Gasteiger partial charge in [0.1, 0.15) is 23.7 Å². The van der Waals surface area contributed by atoms with Crippen molar-refractivity contribution < 1.29 is 28.7 Å². The summed E-state index contributed by atoms with van der Waals surface area (Å²) >= 11 is 0. The quantitative estimate of drug-likeness (QED) is 0.126. The Kier molecular flexibility index (Phi) is 12.2. The number of hydrogen-bond acceptors (Lipinski definition) is 8. The average molecular weight is 767 g/mol. The van der Waals surface area contributed by atoms with Gasteiger partial charge in [-0.3, -0.25) is 9.59 Å². The van der Waals surface area contributed by atoms with Gasteiger partial charge in [0.25, 0.3) is 0 Å². The van der Waals surface area contributed by atoms with Crippen molar-refractivity contribution in [3.05, 3.63) is 72.6 Å². The van der Waals surface area contributed by atoms with Gasteiger partial charge in [0, 0.05) is 12.1 Å². The van der Waals surface area contributed by atoms with Crippen LogP contribution >= 0.6 is 0 Å². The number of nitrogens with zero attached hydrogens (tertiary/aromatic N) is 4. The normalized spacial score (nSPS) is 20.6. The number of imidazole rings is 2. The van der Waals surface area contributed by atoms with Crippen molar-refractivity contribution in [1.82, 2.24) is 40.4 Å². The summed E-state index contributed by atoms with van der Waals surface area (Å²) in [6.07, 6.45) is 5.56. The van der Waals surface area contributed by atoms with Crippen LogP contribution in [0.15, 0.2) is 60.9 Å². The van der Waals surface area contributed by atoms with E-state index in [0.29, 0.717) is 0 Å². The molecule has 6 atom stereocenters. The minimum absolute atomic E-state index is 0.000678. The molecular formula is C42H54N8O6. The molecule has 0 spiro atoms. The van der Waals surface area contributed by atoms with Crippen molar-refractivity contribution >= 4 is 24.0 Å². The highest BCUT2D eigenvalue weighted by Crippen LogP contribution is 2.38. The van der Waals surface area contributed by atoms with Gasteiger partial charge in [0.2, 0.25) is 11.8 Å². The smallest absolute Gasteiger partial charge is 0.407 e. The fourth-order valence-electron chi connectivity index (χ4n) is 7.96. The lowest BCUT2D eigenvalue weighted by atomic mass is 10.0. The number of methoxy groups -OCH3 is 2. The van der Waals surface area contributed by atoms with Crippen molar-refractivity contribution in [3.8, 4) is 33.6 Å². The second-order valence-corrected chi connectivity index (χ2v) is 15.6. The molecule has 2 aliphatic rings. The SMILES string of the molecule is COC(=O)NC(C(=O)N1[C@@H](C)CC[C@H]1c1ncc(-c2ccc(-c3ccc(-c4cnc([C@@H]5CC[C@H](C)N5C(=O)C(NC(=O)OC)C(C)C)[nH]4)cc3)cc2)[nH]1)C(C)C. The summed E-state index contributed by atoms with van der Waals surface area (Å²) in [5.41, 5.74) is 5.76. The van der Waals surface area contributed by atoms with E-state index >= 15 is 0 Å². The van der Waals surface area contributed by atoms with E-state index < -0.39 is 24.3 Å². The van der Waals surface area contributed by atoms with Gasteiger partial charge in [0.15, 0.2) is 0 Å². The van der Waals surface area contributed by atoms with Crippen molar-refractivity contribution in [2.24, 2.45) is 11.8 Å². The predicted molar refractivity (Wildman–Crippen MR) is 212 cm³/mol. The van der Waals surface area contributed by atoms with Crippen molar-refractivity contribution in [2.45, 2.75) is 103 Å². The standard InChI is InChI=1S/C42H54N8O6/c1-23(2)35(47-41(53)55-7)39(51)49-25(5)9-19-33(49)37-43-21-31(45-37)29-15-11-27(12-16-29)28-13-17-30(18-14-28)32-22-44-38(46-32)34-20-10-26(6)50(34)40(52)36(24(3)4)48-42(54)56-8/h11-18,21-26,33-36H,9-10,19-20H2,1-8H3,(H,43,45)(H,44,46)(H,47,53)(H,48,54)/t25-,26-,33-,34-,35?,36?/m0/s1. The highest BCUT2D eigenvalue weighted by molar-refractivity contribution is 5.87. The molecule has 298 valence electrons. The first kappa shape index (κ1) is 40.0. The first-order valence-electron chi connectivity index (χ1n) is 19.5. The maximum atomic E-state index is 13.7. The zero-order chi connectivity index (χ0) is 40.3. The highest BCUT2D eigenvalue weighted by Gasteiger charge is 2.42. The van der Waals surface area contributed by atoms with Crippen LogP contribution in [0.25, 0.3) is 33.6 Å². The molecule has 14 nitrogen and oxygen atoms in total. The summed E-state index contributed by atoms with van der Waals surface area (Å²) < 4.78 is 9.56. The third-order valence-electron chi connectivity index (χ3n) is 11.2. The number of H-pyrrole nitrogens is 2. The number of aromatic amines is 2. The summed E-state index contributed by atoms with van der Waals surface area (Å²) in [6.45, 7) is 11.7. The highest BCUT2D eigenvalue weighted by atomic mass is 16.5. The number of rotatable bonds is 11. The van der Waals surface area contributed by atoms with E-state index in [2.05, 4.69) is 69.1 Å². The Morgan fingerprint density at radius 1 is 0.607 bits per heavy atom. The van der Waals surface area contributed by atoms with Crippen LogP contribution in [0.3, 0.4) is 0 Å².